The number of hydrogen-bond acceptors (Lipinski definition) is 11. The van der Waals surface area contributed by atoms with Crippen molar-refractivity contribution in [3.63, 3.8) is 0 Å². The van der Waals surface area contributed by atoms with Crippen LogP contribution in [-0.2, 0) is 47.0 Å². The van der Waals surface area contributed by atoms with Crippen molar-refractivity contribution in [2.75, 3.05) is 65.1 Å². The van der Waals surface area contributed by atoms with Gasteiger partial charge in [-0.25, -0.2) is 0 Å². The van der Waals surface area contributed by atoms with E-state index in [0.29, 0.717) is 58.4 Å². The molecule has 8 rings (SSSR count). The number of aromatic nitrogens is 3. The molecule has 2 aromatic heterocycles. The first-order valence-corrected chi connectivity index (χ1v) is 21.7. The molecule has 4 heterocycles. The van der Waals surface area contributed by atoms with Gasteiger partial charge in [-0.1, -0.05) is 39.0 Å². The summed E-state index contributed by atoms with van der Waals surface area (Å²) < 4.78 is 18.6. The molecule has 2 aliphatic heterocycles. The van der Waals surface area contributed by atoms with Crippen LogP contribution in [0.15, 0.2) is 60.9 Å². The van der Waals surface area contributed by atoms with E-state index in [-0.39, 0.29) is 42.2 Å². The Balaban J connectivity index is 0.736. The van der Waals surface area contributed by atoms with E-state index in [9.17, 15) is 28.8 Å². The highest BCUT2D eigenvalue weighted by Gasteiger charge is 2.46. The van der Waals surface area contributed by atoms with Crippen molar-refractivity contribution in [3.8, 4) is 11.1 Å². The molecule has 0 radical (unpaired) electrons. The van der Waals surface area contributed by atoms with Crippen LogP contribution >= 0.6 is 0 Å². The van der Waals surface area contributed by atoms with E-state index in [1.165, 1.54) is 0 Å². The Hall–Kier alpha value is -6.49. The van der Waals surface area contributed by atoms with Gasteiger partial charge in [0.05, 0.1) is 62.5 Å². The summed E-state index contributed by atoms with van der Waals surface area (Å²) in [5.41, 5.74) is 8.80. The van der Waals surface area contributed by atoms with E-state index in [4.69, 9.17) is 14.2 Å². The van der Waals surface area contributed by atoms with E-state index in [2.05, 4.69) is 53.6 Å². The second-order valence-corrected chi connectivity index (χ2v) is 17.0. The van der Waals surface area contributed by atoms with Gasteiger partial charge in [-0.05, 0) is 72.4 Å². The van der Waals surface area contributed by atoms with Crippen LogP contribution < -0.4 is 10.6 Å². The molecule has 3 N–H and O–H groups in total. The lowest BCUT2D eigenvalue weighted by atomic mass is 9.70. The lowest BCUT2D eigenvalue weighted by molar-refractivity contribution is -0.136. The summed E-state index contributed by atoms with van der Waals surface area (Å²) >= 11 is 0. The Kier molecular flexibility index (Phi) is 12.6. The van der Waals surface area contributed by atoms with Crippen LogP contribution in [-0.4, -0.2) is 126 Å². The molecule has 3 aromatic carbocycles. The van der Waals surface area contributed by atoms with Crippen molar-refractivity contribution >= 4 is 51.9 Å². The Morgan fingerprint density at radius 1 is 0.906 bits per heavy atom. The number of likely N-dealkylation sites (N-methyl/N-ethyl adjacent to an activating group) is 1. The van der Waals surface area contributed by atoms with Crippen molar-refractivity contribution in [2.45, 2.75) is 65.0 Å². The van der Waals surface area contributed by atoms with Crippen molar-refractivity contribution in [1.29, 1.82) is 0 Å². The first-order chi connectivity index (χ1) is 30.8. The zero-order chi connectivity index (χ0) is 45.3. The van der Waals surface area contributed by atoms with E-state index in [1.807, 2.05) is 31.3 Å². The van der Waals surface area contributed by atoms with Crippen molar-refractivity contribution in [1.82, 2.24) is 29.9 Å². The molecule has 1 atom stereocenters. The highest BCUT2D eigenvalue weighted by molar-refractivity contribution is 6.25. The number of carbonyl (C=O) groups is 6. The lowest BCUT2D eigenvalue weighted by Crippen LogP contribution is -2.54. The van der Waals surface area contributed by atoms with Crippen LogP contribution in [0.2, 0.25) is 0 Å². The first-order valence-electron chi connectivity index (χ1n) is 21.7. The predicted octanol–water partition coefficient (Wildman–Crippen LogP) is 4.79. The number of carbonyl (C=O) groups excluding carboxylic acids is 6. The van der Waals surface area contributed by atoms with Crippen LogP contribution in [0.3, 0.4) is 0 Å². The van der Waals surface area contributed by atoms with Crippen molar-refractivity contribution in [2.24, 2.45) is 0 Å². The van der Waals surface area contributed by atoms with E-state index in [0.717, 1.165) is 66.9 Å². The van der Waals surface area contributed by atoms with Crippen molar-refractivity contribution in [3.05, 3.63) is 106 Å². The average Bonchev–Trinajstić information content (AvgIpc) is 3.97. The van der Waals surface area contributed by atoms with Crippen LogP contribution in [0, 0.1) is 6.92 Å². The number of ether oxygens (including phenoxy) is 3. The summed E-state index contributed by atoms with van der Waals surface area (Å²) in [4.78, 5) is 83.6. The van der Waals surface area contributed by atoms with E-state index >= 15 is 0 Å². The molecule has 16 heteroatoms. The Morgan fingerprint density at radius 3 is 2.41 bits per heavy atom. The number of amides is 5. The van der Waals surface area contributed by atoms with Crippen molar-refractivity contribution < 1.29 is 43.0 Å². The second-order valence-electron chi connectivity index (χ2n) is 17.0. The Labute approximate surface area is 370 Å². The SMILES string of the molecule is CCc1cc2c(cc1-c1cnn(CC(=O)N(C)CCOCCOCCOCCNc3cccc4c3C(=O)N(C3CCC(=O)NC3=O)C4=O)c1)C(C)(C)c1[nH]c3cc(C)ccc3c1C2=O. The standard InChI is InChI=1S/C48H53N7O9/c1-6-29-23-34-35(48(3,4)44-42(43(34)58)31-11-10-28(2)22-37(31)51-44)24-33(29)30-25-50-54(26-30)27-40(57)53(5)15-17-63-19-21-64-20-18-62-16-14-49-36-9-7-8-32-41(36)47(61)55(46(32)60)38-12-13-39(56)52-45(38)59/h7-11,22-26,38,49,51H,6,12-21,27H2,1-5H3,(H,52,56,59). The molecule has 3 aliphatic rings. The molecule has 1 unspecified atom stereocenters. The molecule has 5 amide bonds. The third kappa shape index (κ3) is 8.47. The third-order valence-electron chi connectivity index (χ3n) is 12.4. The lowest BCUT2D eigenvalue weighted by Gasteiger charge is -2.33. The number of imide groups is 2. The minimum atomic E-state index is -1.03. The summed E-state index contributed by atoms with van der Waals surface area (Å²) in [6.07, 6.45) is 4.53. The van der Waals surface area contributed by atoms with Gasteiger partial charge in [0, 0.05) is 71.6 Å². The number of H-pyrrole nitrogens is 1. The van der Waals surface area contributed by atoms with Gasteiger partial charge in [0.2, 0.25) is 17.7 Å². The minimum Gasteiger partial charge on any atom is -0.382 e. The monoisotopic (exact) mass is 871 g/mol. The summed E-state index contributed by atoms with van der Waals surface area (Å²) in [6, 6.07) is 14.2. The topological polar surface area (TPSA) is 194 Å². The maximum atomic E-state index is 14.0. The molecule has 1 aliphatic carbocycles. The van der Waals surface area contributed by atoms with Crippen LogP contribution in [0.4, 0.5) is 5.69 Å². The van der Waals surface area contributed by atoms with E-state index < -0.39 is 35.1 Å². The number of piperidine rings is 1. The maximum absolute atomic E-state index is 14.0. The number of hydrogen-bond donors (Lipinski definition) is 3. The Bertz CT molecular complexity index is 2680. The minimum absolute atomic E-state index is 0.0352. The van der Waals surface area contributed by atoms with Crippen LogP contribution in [0.1, 0.15) is 92.6 Å². The van der Waals surface area contributed by atoms with Crippen LogP contribution in [0.5, 0.6) is 0 Å². The molecular weight excluding hydrogens is 819 g/mol. The van der Waals surface area contributed by atoms with Gasteiger partial charge in [0.25, 0.3) is 11.8 Å². The Morgan fingerprint density at radius 2 is 1.66 bits per heavy atom. The van der Waals surface area contributed by atoms with E-state index in [1.54, 1.807) is 41.0 Å². The van der Waals surface area contributed by atoms with Gasteiger partial charge in [0.15, 0.2) is 5.78 Å². The van der Waals surface area contributed by atoms with Gasteiger partial charge in [-0.2, -0.15) is 5.10 Å². The largest absolute Gasteiger partial charge is 0.382 e. The number of anilines is 1. The fourth-order valence-corrected chi connectivity index (χ4v) is 8.83. The second kappa shape index (κ2) is 18.3. The molecule has 334 valence electrons. The summed E-state index contributed by atoms with van der Waals surface area (Å²) in [5.74, 6) is -2.29. The molecule has 1 saturated heterocycles. The van der Waals surface area contributed by atoms with Gasteiger partial charge < -0.3 is 29.4 Å². The molecule has 0 spiro atoms. The summed E-state index contributed by atoms with van der Waals surface area (Å²) in [6.45, 7) is 11.3. The number of ketones is 1. The fourth-order valence-electron chi connectivity index (χ4n) is 8.83. The van der Waals surface area contributed by atoms with Gasteiger partial charge in [-0.3, -0.25) is 43.7 Å². The van der Waals surface area contributed by atoms with Gasteiger partial charge in [-0.15, -0.1) is 0 Å². The molecule has 16 nitrogen and oxygen atoms in total. The number of rotatable bonds is 18. The molecular formula is C48H53N7O9. The summed E-state index contributed by atoms with van der Waals surface area (Å²) in [5, 5.41) is 10.8. The third-order valence-corrected chi connectivity index (χ3v) is 12.4. The number of fused-ring (bicyclic) bond motifs is 5. The smallest absolute Gasteiger partial charge is 0.264 e. The highest BCUT2D eigenvalue weighted by Crippen LogP contribution is 2.46. The zero-order valence-electron chi connectivity index (χ0n) is 36.8. The molecule has 5 aromatic rings. The van der Waals surface area contributed by atoms with Gasteiger partial charge >= 0.3 is 0 Å². The predicted molar refractivity (Wildman–Crippen MR) is 237 cm³/mol. The van der Waals surface area contributed by atoms with Gasteiger partial charge in [0.1, 0.15) is 12.6 Å². The highest BCUT2D eigenvalue weighted by atomic mass is 16.5. The quantitative estimate of drug-likeness (QED) is 0.0810. The molecule has 1 fully saturated rings. The van der Waals surface area contributed by atoms with Crippen LogP contribution in [0.25, 0.3) is 22.0 Å². The number of aryl methyl sites for hydroxylation is 2. The number of nitrogens with zero attached hydrogens (tertiary/aromatic N) is 4. The zero-order valence-corrected chi connectivity index (χ0v) is 36.8. The average molecular weight is 872 g/mol. The maximum Gasteiger partial charge on any atom is 0.264 e. The normalized spacial score (nSPS) is 16.5. The molecule has 64 heavy (non-hydrogen) atoms. The number of aromatic amines is 1. The molecule has 0 bridgehead atoms. The summed E-state index contributed by atoms with van der Waals surface area (Å²) in [7, 11) is 1.73. The number of nitrogens with one attached hydrogen (secondary N) is 3. The number of benzene rings is 3. The first kappa shape index (κ1) is 44.1. The fraction of sp³-hybridized carbons (Fsp3) is 0.396. The molecule has 0 saturated carbocycles.